The number of anilines is 1. The number of aryl methyl sites for hydroxylation is 1. The van der Waals surface area contributed by atoms with E-state index in [1.165, 1.54) is 68.8 Å². The van der Waals surface area contributed by atoms with E-state index in [1.54, 1.807) is 0 Å². The van der Waals surface area contributed by atoms with E-state index < -0.39 is 0 Å². The van der Waals surface area contributed by atoms with Crippen molar-refractivity contribution >= 4 is 42.0 Å². The highest BCUT2D eigenvalue weighted by atomic mass is 31.0. The molecule has 4 aromatic rings. The van der Waals surface area contributed by atoms with Gasteiger partial charge in [0.15, 0.2) is 0 Å². The average molecular weight is 567 g/mol. The fraction of sp³-hybridized carbons (Fsp3) is 0.485. The first-order valence-electron chi connectivity index (χ1n) is 15.3. The molecule has 41 heavy (non-hydrogen) atoms. The summed E-state index contributed by atoms with van der Waals surface area (Å²) in [5.41, 5.74) is 10.9. The largest absolute Gasteiger partial charge is 0.461 e. The summed E-state index contributed by atoms with van der Waals surface area (Å²) in [5, 5.41) is 8.34. The Bertz CT molecular complexity index is 1650. The van der Waals surface area contributed by atoms with E-state index in [-0.39, 0.29) is 17.0 Å². The van der Waals surface area contributed by atoms with Gasteiger partial charge < -0.3 is 15.8 Å². The number of rotatable bonds is 6. The van der Waals surface area contributed by atoms with Crippen LogP contribution in [0.25, 0.3) is 32.9 Å². The first-order chi connectivity index (χ1) is 20.0. The van der Waals surface area contributed by atoms with E-state index in [0.717, 1.165) is 45.3 Å². The molecule has 2 aromatic carbocycles. The van der Waals surface area contributed by atoms with Crippen molar-refractivity contribution < 1.29 is 4.74 Å². The molecule has 3 N–H and O–H groups in total. The van der Waals surface area contributed by atoms with Crippen LogP contribution in [0.1, 0.15) is 56.9 Å². The first kappa shape index (κ1) is 25.8. The summed E-state index contributed by atoms with van der Waals surface area (Å²) in [6.07, 6.45) is 11.4. The van der Waals surface area contributed by atoms with Crippen molar-refractivity contribution in [3.8, 4) is 17.3 Å². The number of hydrogen-bond acceptors (Lipinski definition) is 7. The normalized spacial score (nSPS) is 24.4. The van der Waals surface area contributed by atoms with Crippen LogP contribution < -0.4 is 21.1 Å². The molecule has 2 saturated carbocycles. The van der Waals surface area contributed by atoms with Crippen molar-refractivity contribution in [1.82, 2.24) is 19.9 Å². The second-order valence-electron chi connectivity index (χ2n) is 12.9. The van der Waals surface area contributed by atoms with E-state index in [1.807, 2.05) is 6.20 Å². The third-order valence-electron chi connectivity index (χ3n) is 10.9. The van der Waals surface area contributed by atoms with Crippen molar-refractivity contribution in [2.24, 2.45) is 11.1 Å². The minimum atomic E-state index is 0.138. The smallest absolute Gasteiger partial charge is 0.319 e. The van der Waals surface area contributed by atoms with Gasteiger partial charge in [0.1, 0.15) is 12.4 Å². The van der Waals surface area contributed by atoms with Gasteiger partial charge in [0.2, 0.25) is 0 Å². The van der Waals surface area contributed by atoms with Gasteiger partial charge in [-0.15, -0.1) is 9.24 Å². The molecule has 2 aliphatic carbocycles. The molecule has 8 rings (SSSR count). The highest BCUT2D eigenvalue weighted by Crippen LogP contribution is 2.56. The molecule has 212 valence electrons. The second-order valence-corrected chi connectivity index (χ2v) is 13.6. The fourth-order valence-electron chi connectivity index (χ4n) is 8.36. The molecule has 7 nitrogen and oxygen atoms in total. The summed E-state index contributed by atoms with van der Waals surface area (Å²) in [6, 6.07) is 13.9. The van der Waals surface area contributed by atoms with Gasteiger partial charge in [0.25, 0.3) is 0 Å². The van der Waals surface area contributed by atoms with Crippen LogP contribution in [0.5, 0.6) is 6.01 Å². The Morgan fingerprint density at radius 3 is 2.56 bits per heavy atom. The van der Waals surface area contributed by atoms with Gasteiger partial charge in [-0.3, -0.25) is 9.88 Å². The van der Waals surface area contributed by atoms with Crippen LogP contribution in [-0.4, -0.2) is 57.2 Å². The summed E-state index contributed by atoms with van der Waals surface area (Å²) in [7, 11) is 2.89. The van der Waals surface area contributed by atoms with E-state index in [9.17, 15) is 0 Å². The van der Waals surface area contributed by atoms with Gasteiger partial charge in [-0.1, -0.05) is 42.8 Å². The van der Waals surface area contributed by atoms with E-state index in [4.69, 9.17) is 25.4 Å². The lowest BCUT2D eigenvalue weighted by molar-refractivity contribution is -0.0146. The molecule has 8 heteroatoms. The number of hydrogen-bond donors (Lipinski definition) is 2. The van der Waals surface area contributed by atoms with Crippen molar-refractivity contribution in [3.05, 3.63) is 48.2 Å². The molecule has 0 bridgehead atoms. The van der Waals surface area contributed by atoms with Gasteiger partial charge >= 0.3 is 6.01 Å². The monoisotopic (exact) mass is 566 g/mol. The highest BCUT2D eigenvalue weighted by Gasteiger charge is 2.57. The van der Waals surface area contributed by atoms with Gasteiger partial charge in [-0.05, 0) is 81.0 Å². The lowest BCUT2D eigenvalue weighted by Gasteiger charge is -2.60. The molecular weight excluding hydrogens is 527 g/mol. The van der Waals surface area contributed by atoms with E-state index in [0.29, 0.717) is 18.7 Å². The number of aromatic nitrogens is 3. The highest BCUT2D eigenvalue weighted by molar-refractivity contribution is 7.28. The number of nitrogens with zero attached hydrogens (tertiary/aromatic N) is 4. The first-order valence-corrected chi connectivity index (χ1v) is 15.9. The number of nitrogens with two attached hydrogens (primary N) is 1. The predicted molar refractivity (Wildman–Crippen MR) is 169 cm³/mol. The SMILES string of the molecule is Cc1c(-c2cccc3cccc(P)c23)ncc2c(NC3CC(N)C34CCC4)nc(OCC34CCCN3CCC4)nc12. The van der Waals surface area contributed by atoms with E-state index >= 15 is 0 Å². The molecule has 4 aliphatic rings. The van der Waals surface area contributed by atoms with Crippen molar-refractivity contribution in [2.45, 2.75) is 75.9 Å². The van der Waals surface area contributed by atoms with E-state index in [2.05, 4.69) is 62.8 Å². The molecular formula is C33H39N6OP. The number of ether oxygens (including phenoxy) is 1. The van der Waals surface area contributed by atoms with Crippen LogP contribution in [0.4, 0.5) is 5.82 Å². The third kappa shape index (κ3) is 3.92. The maximum atomic E-state index is 6.53. The summed E-state index contributed by atoms with van der Waals surface area (Å²) in [4.78, 5) is 17.7. The number of nitrogens with one attached hydrogen (secondary N) is 1. The summed E-state index contributed by atoms with van der Waals surface area (Å²) in [6.45, 7) is 5.13. The Morgan fingerprint density at radius 2 is 1.83 bits per heavy atom. The zero-order chi connectivity index (χ0) is 27.8. The molecule has 3 unspecified atom stereocenters. The molecule has 3 atom stereocenters. The van der Waals surface area contributed by atoms with Crippen LogP contribution in [-0.2, 0) is 0 Å². The van der Waals surface area contributed by atoms with Gasteiger partial charge in [0.05, 0.1) is 22.1 Å². The molecule has 2 aliphatic heterocycles. The molecule has 0 amide bonds. The minimum Gasteiger partial charge on any atom is -0.461 e. The summed E-state index contributed by atoms with van der Waals surface area (Å²) >= 11 is 0. The predicted octanol–water partition coefficient (Wildman–Crippen LogP) is 5.34. The standard InChI is InChI=1S/C33H39N6OP/c1-20-28(22-9-2-7-21-8-3-10-24(41)27(21)22)35-18-23-29(20)37-31(40-19-32-11-5-15-39(32)16-6-12-32)38-30(23)36-26-17-25(34)33(26)13-4-14-33/h2-3,7-10,18,25-26H,4-6,11-17,19,34,41H2,1H3,(H,36,37,38). The average Bonchev–Trinajstić information content (AvgIpc) is 3.52. The minimum absolute atomic E-state index is 0.138. The number of fused-ring (bicyclic) bond motifs is 3. The van der Waals surface area contributed by atoms with Crippen LogP contribution in [0.3, 0.4) is 0 Å². The molecule has 4 heterocycles. The summed E-state index contributed by atoms with van der Waals surface area (Å²) < 4.78 is 6.53. The van der Waals surface area contributed by atoms with Gasteiger partial charge in [-0.2, -0.15) is 9.97 Å². The third-order valence-corrected chi connectivity index (χ3v) is 11.4. The molecule has 0 radical (unpaired) electrons. The Morgan fingerprint density at radius 1 is 1.05 bits per heavy atom. The zero-order valence-corrected chi connectivity index (χ0v) is 25.0. The van der Waals surface area contributed by atoms with Crippen LogP contribution in [0, 0.1) is 12.3 Å². The Kier molecular flexibility index (Phi) is 6.04. The van der Waals surface area contributed by atoms with Crippen LogP contribution >= 0.6 is 9.24 Å². The molecule has 1 spiro atoms. The lowest BCUT2D eigenvalue weighted by Crippen LogP contribution is -2.67. The Hall–Kier alpha value is -2.86. The number of pyridine rings is 1. The lowest BCUT2D eigenvalue weighted by atomic mass is 9.50. The van der Waals surface area contributed by atoms with Gasteiger partial charge in [0, 0.05) is 34.8 Å². The Labute approximate surface area is 243 Å². The zero-order valence-electron chi connectivity index (χ0n) is 23.8. The second kappa shape index (κ2) is 9.58. The van der Waals surface area contributed by atoms with Crippen molar-refractivity contribution in [2.75, 3.05) is 25.0 Å². The topological polar surface area (TPSA) is 89.2 Å². The van der Waals surface area contributed by atoms with Gasteiger partial charge in [-0.25, -0.2) is 0 Å². The Balaban J connectivity index is 1.22. The van der Waals surface area contributed by atoms with Crippen LogP contribution in [0.15, 0.2) is 42.6 Å². The maximum absolute atomic E-state index is 6.53. The fourth-order valence-corrected chi connectivity index (χ4v) is 8.79. The number of benzene rings is 2. The maximum Gasteiger partial charge on any atom is 0.319 e. The van der Waals surface area contributed by atoms with Crippen molar-refractivity contribution in [3.63, 3.8) is 0 Å². The van der Waals surface area contributed by atoms with Crippen molar-refractivity contribution in [1.29, 1.82) is 0 Å². The summed E-state index contributed by atoms with van der Waals surface area (Å²) in [5.74, 6) is 0.826. The molecule has 2 aromatic heterocycles. The quantitative estimate of drug-likeness (QED) is 0.305. The molecule has 4 fully saturated rings. The van der Waals surface area contributed by atoms with Crippen LogP contribution in [0.2, 0.25) is 0 Å². The molecule has 2 saturated heterocycles.